The third-order valence-electron chi connectivity index (χ3n) is 1.16. The Morgan fingerprint density at radius 2 is 1.27 bits per heavy atom. The fourth-order valence-electron chi connectivity index (χ4n) is 0.746. The molecule has 0 aromatic carbocycles. The summed E-state index contributed by atoms with van der Waals surface area (Å²) in [4.78, 5) is 0. The molecule has 66 valence electrons. The Morgan fingerprint density at radius 3 is 1.36 bits per heavy atom. The quantitative estimate of drug-likeness (QED) is 0.533. The highest BCUT2D eigenvalue weighted by Gasteiger charge is 2.16. The molecule has 0 saturated carbocycles. The number of rotatable bonds is 0. The average Bonchev–Trinajstić information content (AvgIpc) is 2.11. The van der Waals surface area contributed by atoms with Crippen molar-refractivity contribution in [3.8, 4) is 0 Å². The molecule has 0 radical (unpaired) electrons. The van der Waals surface area contributed by atoms with Crippen LogP contribution in [0, 0.1) is 0 Å². The predicted octanol–water partition coefficient (Wildman–Crippen LogP) is 1.07. The number of hydrogen-bond acceptors (Lipinski definition) is 2. The lowest BCUT2D eigenvalue weighted by molar-refractivity contribution is 0.535. The van der Waals surface area contributed by atoms with Crippen LogP contribution in [0.4, 0.5) is 12.9 Å². The summed E-state index contributed by atoms with van der Waals surface area (Å²) in [5, 5.41) is 0. The Morgan fingerprint density at radius 1 is 1.00 bits per heavy atom. The van der Waals surface area contributed by atoms with Gasteiger partial charge < -0.3 is 0 Å². The van der Waals surface area contributed by atoms with Gasteiger partial charge in [-0.2, -0.15) is 0 Å². The summed E-state index contributed by atoms with van der Waals surface area (Å²) in [6.07, 6.45) is 1.75. The lowest BCUT2D eigenvalue weighted by Crippen LogP contribution is -1.98. The van der Waals surface area contributed by atoms with E-state index in [1.54, 1.807) is 0 Å². The van der Waals surface area contributed by atoms with E-state index in [2.05, 4.69) is 0 Å². The minimum atomic E-state index is -3.67. The molecule has 0 bridgehead atoms. The van der Waals surface area contributed by atoms with Crippen LogP contribution in [0.3, 0.4) is 0 Å². The Labute approximate surface area is 63.9 Å². The molecule has 0 spiro atoms. The first-order chi connectivity index (χ1) is 4.94. The third-order valence-corrected chi connectivity index (χ3v) is 2.98. The molecule has 2 nitrogen and oxygen atoms in total. The van der Waals surface area contributed by atoms with Crippen LogP contribution in [0.25, 0.3) is 0 Å². The van der Waals surface area contributed by atoms with Crippen LogP contribution in [-0.2, 0) is 9.84 Å². The maximum absolute atomic E-state index is 10.4. The molecule has 1 rings (SSSR count). The van der Waals surface area contributed by atoms with E-state index < -0.39 is 17.4 Å². The maximum Gasteiger partial charge on any atom is 0.762 e. The first-order valence-electron chi connectivity index (χ1n) is 3.07. The molecule has 1 saturated heterocycles. The van der Waals surface area contributed by atoms with Crippen molar-refractivity contribution in [2.24, 2.45) is 0 Å². The van der Waals surface area contributed by atoms with E-state index in [0.29, 0.717) is 11.5 Å². The molecule has 11 heavy (non-hydrogen) atoms. The van der Waals surface area contributed by atoms with E-state index in [1.807, 2.05) is 0 Å². The second-order valence-corrected chi connectivity index (χ2v) is 4.41. The molecular weight excluding hydrogens is 180 g/mol. The highest BCUT2D eigenvalue weighted by molar-refractivity contribution is 7.91. The first-order valence-corrected chi connectivity index (χ1v) is 4.89. The zero-order valence-corrected chi connectivity index (χ0v) is 6.58. The second-order valence-electron chi connectivity index (χ2n) is 2.11. The monoisotopic (exact) mass is 188 g/mol. The number of halogens is 3. The molecule has 0 aliphatic carbocycles. The Bertz CT molecular complexity index is 177. The van der Waals surface area contributed by atoms with Crippen LogP contribution in [0.15, 0.2) is 0 Å². The SMILES string of the molecule is FB(F)F.O=S1(=O)CCCC1. The van der Waals surface area contributed by atoms with Crippen molar-refractivity contribution < 1.29 is 21.4 Å². The van der Waals surface area contributed by atoms with Crippen molar-refractivity contribution in [1.29, 1.82) is 0 Å². The Kier molecular flexibility index (Phi) is 4.55. The van der Waals surface area contributed by atoms with Gasteiger partial charge in [-0.1, -0.05) is 0 Å². The van der Waals surface area contributed by atoms with Crippen molar-refractivity contribution in [3.63, 3.8) is 0 Å². The van der Waals surface area contributed by atoms with Gasteiger partial charge >= 0.3 is 7.54 Å². The topological polar surface area (TPSA) is 34.1 Å². The summed E-state index contributed by atoms with van der Waals surface area (Å²) < 4.78 is 49.9. The Balaban J connectivity index is 0.000000218. The molecule has 0 atom stereocenters. The highest BCUT2D eigenvalue weighted by atomic mass is 32.2. The van der Waals surface area contributed by atoms with Gasteiger partial charge in [-0.25, -0.2) is 8.42 Å². The van der Waals surface area contributed by atoms with Crippen molar-refractivity contribution in [2.75, 3.05) is 11.5 Å². The molecule has 0 unspecified atom stereocenters. The molecule has 0 amide bonds. The van der Waals surface area contributed by atoms with Crippen LogP contribution >= 0.6 is 0 Å². The van der Waals surface area contributed by atoms with Gasteiger partial charge in [0.05, 0.1) is 11.5 Å². The fourth-order valence-corrected chi connectivity index (χ4v) is 2.24. The van der Waals surface area contributed by atoms with E-state index in [-0.39, 0.29) is 0 Å². The largest absolute Gasteiger partial charge is 0.762 e. The standard InChI is InChI=1S/C4H8O2S.BF3/c5-7(6)3-1-2-4-7;2-1(3)4/h1-4H2;. The minimum Gasteiger partial charge on any atom is -0.254 e. The number of hydrogen-bond donors (Lipinski definition) is 0. The van der Waals surface area contributed by atoms with E-state index in [4.69, 9.17) is 0 Å². The molecule has 1 fully saturated rings. The fraction of sp³-hybridized carbons (Fsp3) is 1.00. The van der Waals surface area contributed by atoms with Crippen LogP contribution < -0.4 is 0 Å². The van der Waals surface area contributed by atoms with E-state index in [9.17, 15) is 21.4 Å². The van der Waals surface area contributed by atoms with Crippen LogP contribution in [0.1, 0.15) is 12.8 Å². The summed E-state index contributed by atoms with van der Waals surface area (Å²) in [6, 6.07) is 0. The molecule has 0 aromatic heterocycles. The zero-order valence-electron chi connectivity index (χ0n) is 5.76. The summed E-state index contributed by atoms with van der Waals surface area (Å²) in [7, 11) is -6.21. The van der Waals surface area contributed by atoms with Gasteiger partial charge in [0.25, 0.3) is 0 Å². The molecule has 0 aromatic rings. The summed E-state index contributed by atoms with van der Waals surface area (Å²) >= 11 is 0. The summed E-state index contributed by atoms with van der Waals surface area (Å²) in [5.41, 5.74) is 0. The number of sulfone groups is 1. The van der Waals surface area contributed by atoms with Gasteiger partial charge in [0, 0.05) is 0 Å². The third kappa shape index (κ3) is 7.70. The second kappa shape index (κ2) is 4.64. The Hall–Kier alpha value is -0.195. The molecule has 1 heterocycles. The molecular formula is C4H8BF3O2S. The van der Waals surface area contributed by atoms with Gasteiger partial charge in [-0.3, -0.25) is 12.9 Å². The zero-order chi connectivity index (χ0) is 8.91. The van der Waals surface area contributed by atoms with Crippen LogP contribution in [-0.4, -0.2) is 27.5 Å². The summed E-state index contributed by atoms with van der Waals surface area (Å²) in [5.74, 6) is 0.847. The van der Waals surface area contributed by atoms with Crippen molar-refractivity contribution >= 4 is 17.4 Å². The van der Waals surface area contributed by atoms with Gasteiger partial charge in [-0.05, 0) is 12.8 Å². The normalized spacial score (nSPS) is 20.3. The molecule has 1 aliphatic rings. The van der Waals surface area contributed by atoms with Crippen molar-refractivity contribution in [2.45, 2.75) is 12.8 Å². The predicted molar refractivity (Wildman–Crippen MR) is 37.0 cm³/mol. The molecule has 7 heteroatoms. The van der Waals surface area contributed by atoms with Crippen LogP contribution in [0.2, 0.25) is 0 Å². The van der Waals surface area contributed by atoms with Gasteiger partial charge in [0.1, 0.15) is 9.84 Å². The molecule has 0 N–H and O–H groups in total. The maximum atomic E-state index is 10.4. The average molecular weight is 188 g/mol. The van der Waals surface area contributed by atoms with E-state index in [1.165, 1.54) is 0 Å². The minimum absolute atomic E-state index is 0.424. The summed E-state index contributed by atoms with van der Waals surface area (Å²) in [6.45, 7) is 0. The van der Waals surface area contributed by atoms with E-state index >= 15 is 0 Å². The smallest absolute Gasteiger partial charge is 0.254 e. The molecule has 1 aliphatic heterocycles. The lowest BCUT2D eigenvalue weighted by Gasteiger charge is -1.81. The van der Waals surface area contributed by atoms with Crippen molar-refractivity contribution in [3.05, 3.63) is 0 Å². The lowest BCUT2D eigenvalue weighted by atomic mass is 10.4. The first kappa shape index (κ1) is 10.8. The van der Waals surface area contributed by atoms with Crippen LogP contribution in [0.5, 0.6) is 0 Å². The van der Waals surface area contributed by atoms with Gasteiger partial charge in [-0.15, -0.1) is 0 Å². The van der Waals surface area contributed by atoms with Crippen molar-refractivity contribution in [1.82, 2.24) is 0 Å². The highest BCUT2D eigenvalue weighted by Crippen LogP contribution is 2.08. The van der Waals surface area contributed by atoms with E-state index in [0.717, 1.165) is 12.8 Å². The van der Waals surface area contributed by atoms with Gasteiger partial charge in [0.15, 0.2) is 0 Å². The van der Waals surface area contributed by atoms with Gasteiger partial charge in [0.2, 0.25) is 0 Å².